The molecule has 0 amide bonds. The second-order valence-electron chi connectivity index (χ2n) is 5.19. The lowest BCUT2D eigenvalue weighted by atomic mass is 10.1. The van der Waals surface area contributed by atoms with Crippen LogP contribution in [0.1, 0.15) is 23.2 Å². The van der Waals surface area contributed by atoms with E-state index in [0.717, 1.165) is 36.5 Å². The molecule has 0 aliphatic carbocycles. The Balaban J connectivity index is 1.68. The van der Waals surface area contributed by atoms with Gasteiger partial charge in [-0.3, -0.25) is 4.79 Å². The van der Waals surface area contributed by atoms with E-state index in [4.69, 9.17) is 0 Å². The second-order valence-corrected chi connectivity index (χ2v) is 6.36. The Kier molecular flexibility index (Phi) is 4.61. The fourth-order valence-electron chi connectivity index (χ4n) is 2.69. The van der Waals surface area contributed by atoms with Gasteiger partial charge in [0.1, 0.15) is 0 Å². The number of carbonyl (C=O) groups is 1. The van der Waals surface area contributed by atoms with Gasteiger partial charge >= 0.3 is 0 Å². The van der Waals surface area contributed by atoms with E-state index in [1.165, 1.54) is 4.90 Å². The molecule has 0 atom stereocenters. The van der Waals surface area contributed by atoms with Crippen molar-refractivity contribution >= 4 is 23.2 Å². The number of benzene rings is 2. The molecule has 0 spiro atoms. The van der Waals surface area contributed by atoms with Crippen molar-refractivity contribution < 1.29 is 4.79 Å². The number of rotatable bonds is 4. The van der Waals surface area contributed by atoms with Crippen LogP contribution in [0, 0.1) is 0 Å². The molecule has 0 fully saturated rings. The van der Waals surface area contributed by atoms with E-state index in [1.54, 1.807) is 0 Å². The summed E-state index contributed by atoms with van der Waals surface area (Å²) < 4.78 is 0. The number of Topliss-reactive ketones (excluding diaryl/α,β-unsaturated/α-hetero) is 1. The SMILES string of the molecule is O=C1CCCN(CCSc2ccccc2)c2ccccc21. The summed E-state index contributed by atoms with van der Waals surface area (Å²) in [6, 6.07) is 18.5. The number of carbonyl (C=O) groups excluding carboxylic acids is 1. The van der Waals surface area contributed by atoms with E-state index in [1.807, 2.05) is 36.0 Å². The van der Waals surface area contributed by atoms with Crippen LogP contribution >= 0.6 is 11.8 Å². The van der Waals surface area contributed by atoms with Crippen LogP contribution < -0.4 is 4.90 Å². The maximum absolute atomic E-state index is 12.1. The largest absolute Gasteiger partial charge is 0.370 e. The number of thioether (sulfide) groups is 1. The number of nitrogens with zero attached hydrogens (tertiary/aromatic N) is 1. The van der Waals surface area contributed by atoms with Crippen LogP contribution in [0.2, 0.25) is 0 Å². The van der Waals surface area contributed by atoms with Crippen molar-refractivity contribution in [2.45, 2.75) is 17.7 Å². The molecule has 0 saturated heterocycles. The summed E-state index contributed by atoms with van der Waals surface area (Å²) in [5.41, 5.74) is 1.99. The maximum Gasteiger partial charge on any atom is 0.165 e. The van der Waals surface area contributed by atoms with Gasteiger partial charge < -0.3 is 4.90 Å². The molecule has 0 N–H and O–H groups in total. The zero-order chi connectivity index (χ0) is 14.5. The zero-order valence-corrected chi connectivity index (χ0v) is 12.8. The molecule has 2 nitrogen and oxygen atoms in total. The van der Waals surface area contributed by atoms with Gasteiger partial charge in [0.15, 0.2) is 5.78 Å². The standard InChI is InChI=1S/C18H19NOS/c20-18-11-6-12-19(17-10-5-4-9-16(17)18)13-14-21-15-7-2-1-3-8-15/h1-5,7-10H,6,11-14H2. The normalized spacial score (nSPS) is 14.7. The molecule has 0 saturated carbocycles. The minimum Gasteiger partial charge on any atom is -0.370 e. The Morgan fingerprint density at radius 3 is 2.62 bits per heavy atom. The Morgan fingerprint density at radius 1 is 1.00 bits per heavy atom. The summed E-state index contributed by atoms with van der Waals surface area (Å²) in [5, 5.41) is 0. The quantitative estimate of drug-likeness (QED) is 0.786. The van der Waals surface area contributed by atoms with Crippen LogP contribution in [0.25, 0.3) is 0 Å². The molecular weight excluding hydrogens is 278 g/mol. The first-order valence-corrected chi connectivity index (χ1v) is 8.38. The first-order valence-electron chi connectivity index (χ1n) is 7.39. The lowest BCUT2D eigenvalue weighted by Crippen LogP contribution is -2.26. The molecular formula is C18H19NOS. The van der Waals surface area contributed by atoms with Crippen LogP contribution in [0.4, 0.5) is 5.69 Å². The fraction of sp³-hybridized carbons (Fsp3) is 0.278. The van der Waals surface area contributed by atoms with E-state index in [9.17, 15) is 4.79 Å². The number of hydrogen-bond acceptors (Lipinski definition) is 3. The molecule has 1 aliphatic rings. The highest BCUT2D eigenvalue weighted by atomic mass is 32.2. The summed E-state index contributed by atoms with van der Waals surface area (Å²) in [6.07, 6.45) is 1.61. The van der Waals surface area contributed by atoms with Crippen LogP contribution in [0.3, 0.4) is 0 Å². The number of ketones is 1. The smallest absolute Gasteiger partial charge is 0.165 e. The van der Waals surface area contributed by atoms with Gasteiger partial charge in [0.25, 0.3) is 0 Å². The molecule has 108 valence electrons. The van der Waals surface area contributed by atoms with Crippen molar-refractivity contribution in [2.24, 2.45) is 0 Å². The van der Waals surface area contributed by atoms with Gasteiger partial charge in [-0.2, -0.15) is 0 Å². The second kappa shape index (κ2) is 6.81. The predicted molar refractivity (Wildman–Crippen MR) is 89.4 cm³/mol. The van der Waals surface area contributed by atoms with Crippen molar-refractivity contribution in [3.05, 3.63) is 60.2 Å². The third-order valence-electron chi connectivity index (χ3n) is 3.75. The molecule has 21 heavy (non-hydrogen) atoms. The molecule has 1 aliphatic heterocycles. The number of anilines is 1. The summed E-state index contributed by atoms with van der Waals surface area (Å²) in [4.78, 5) is 15.8. The number of fused-ring (bicyclic) bond motifs is 1. The van der Waals surface area contributed by atoms with Crippen molar-refractivity contribution in [3.8, 4) is 0 Å². The van der Waals surface area contributed by atoms with E-state index in [0.29, 0.717) is 6.42 Å². The third-order valence-corrected chi connectivity index (χ3v) is 4.74. The molecule has 3 rings (SSSR count). The van der Waals surface area contributed by atoms with Crippen molar-refractivity contribution in [1.29, 1.82) is 0 Å². The van der Waals surface area contributed by atoms with Crippen LogP contribution in [-0.2, 0) is 0 Å². The molecule has 0 bridgehead atoms. The summed E-state index contributed by atoms with van der Waals surface area (Å²) >= 11 is 1.87. The molecule has 0 aromatic heterocycles. The third kappa shape index (κ3) is 3.48. The average Bonchev–Trinajstić information content (AvgIpc) is 2.69. The van der Waals surface area contributed by atoms with E-state index in [2.05, 4.69) is 35.2 Å². The Labute approximate surface area is 130 Å². The van der Waals surface area contributed by atoms with E-state index < -0.39 is 0 Å². The first kappa shape index (κ1) is 14.2. The summed E-state index contributed by atoms with van der Waals surface area (Å²) in [7, 11) is 0. The number of para-hydroxylation sites is 1. The highest BCUT2D eigenvalue weighted by molar-refractivity contribution is 7.99. The minimum absolute atomic E-state index is 0.281. The lowest BCUT2D eigenvalue weighted by Gasteiger charge is -2.24. The van der Waals surface area contributed by atoms with E-state index in [-0.39, 0.29) is 5.78 Å². The Hall–Kier alpha value is -1.74. The van der Waals surface area contributed by atoms with Crippen LogP contribution in [0.15, 0.2) is 59.5 Å². The average molecular weight is 297 g/mol. The molecule has 3 heteroatoms. The molecule has 2 aromatic carbocycles. The lowest BCUT2D eigenvalue weighted by molar-refractivity contribution is 0.0984. The maximum atomic E-state index is 12.1. The minimum atomic E-state index is 0.281. The first-order chi connectivity index (χ1) is 10.3. The van der Waals surface area contributed by atoms with Gasteiger partial charge in [0.05, 0.1) is 0 Å². The van der Waals surface area contributed by atoms with Crippen LogP contribution in [0.5, 0.6) is 0 Å². The van der Waals surface area contributed by atoms with Gasteiger partial charge in [-0.25, -0.2) is 0 Å². The molecule has 1 heterocycles. The van der Waals surface area contributed by atoms with E-state index >= 15 is 0 Å². The van der Waals surface area contributed by atoms with Gasteiger partial charge in [0, 0.05) is 41.4 Å². The van der Waals surface area contributed by atoms with Crippen LogP contribution in [-0.4, -0.2) is 24.6 Å². The van der Waals surface area contributed by atoms with Gasteiger partial charge in [0.2, 0.25) is 0 Å². The van der Waals surface area contributed by atoms with Crippen molar-refractivity contribution in [3.63, 3.8) is 0 Å². The molecule has 0 unspecified atom stereocenters. The molecule has 2 aromatic rings. The van der Waals surface area contributed by atoms with Crippen molar-refractivity contribution in [1.82, 2.24) is 0 Å². The van der Waals surface area contributed by atoms with Crippen molar-refractivity contribution in [2.75, 3.05) is 23.7 Å². The zero-order valence-electron chi connectivity index (χ0n) is 12.0. The van der Waals surface area contributed by atoms with Gasteiger partial charge in [-0.15, -0.1) is 11.8 Å². The number of hydrogen-bond donors (Lipinski definition) is 0. The van der Waals surface area contributed by atoms with Gasteiger partial charge in [-0.1, -0.05) is 30.3 Å². The molecule has 0 radical (unpaired) electrons. The highest BCUT2D eigenvalue weighted by Crippen LogP contribution is 2.27. The Morgan fingerprint density at radius 2 is 1.76 bits per heavy atom. The summed E-state index contributed by atoms with van der Waals surface area (Å²) in [6.45, 7) is 1.95. The Bertz CT molecular complexity index is 612. The summed E-state index contributed by atoms with van der Waals surface area (Å²) in [5.74, 6) is 1.32. The highest BCUT2D eigenvalue weighted by Gasteiger charge is 2.19. The fourth-order valence-corrected chi connectivity index (χ4v) is 3.59. The predicted octanol–water partition coefficient (Wildman–Crippen LogP) is 4.26. The van der Waals surface area contributed by atoms with Gasteiger partial charge in [-0.05, 0) is 30.7 Å². The topological polar surface area (TPSA) is 20.3 Å². The monoisotopic (exact) mass is 297 g/mol.